The number of nitrogens with zero attached hydrogens (tertiary/aromatic N) is 5. The molecular formula is C11H12ClN5S. The number of hydrogen-bond donors (Lipinski definition) is 0. The van der Waals surface area contributed by atoms with Gasteiger partial charge < -0.3 is 0 Å². The summed E-state index contributed by atoms with van der Waals surface area (Å²) in [6, 6.07) is 4.17. The molecule has 1 aliphatic carbocycles. The van der Waals surface area contributed by atoms with Crippen molar-refractivity contribution in [3.8, 4) is 0 Å². The Bertz CT molecular complexity index is 538. The molecule has 0 N–H and O–H groups in total. The van der Waals surface area contributed by atoms with Crippen LogP contribution in [0.2, 0.25) is 5.15 Å². The largest absolute Gasteiger partial charge is 0.244 e. The number of hydrogen-bond acceptors (Lipinski definition) is 5. The van der Waals surface area contributed by atoms with Crippen molar-refractivity contribution in [1.82, 2.24) is 25.2 Å². The normalized spacial score (nSPS) is 16.3. The number of aromatic nitrogens is 5. The maximum Gasteiger partial charge on any atom is 0.214 e. The first-order valence-electron chi connectivity index (χ1n) is 5.90. The average Bonchev–Trinajstić information content (AvgIpc) is 2.98. The lowest BCUT2D eigenvalue weighted by Crippen LogP contribution is -2.08. The van der Waals surface area contributed by atoms with Gasteiger partial charge in [0.2, 0.25) is 5.16 Å². The van der Waals surface area contributed by atoms with Crippen LogP contribution in [0.5, 0.6) is 0 Å². The van der Waals surface area contributed by atoms with Gasteiger partial charge in [0.05, 0.1) is 6.04 Å². The Morgan fingerprint density at radius 3 is 2.94 bits per heavy atom. The van der Waals surface area contributed by atoms with Crippen molar-refractivity contribution in [2.45, 2.75) is 41.8 Å². The van der Waals surface area contributed by atoms with E-state index in [-0.39, 0.29) is 0 Å². The van der Waals surface area contributed by atoms with E-state index in [0.717, 1.165) is 22.9 Å². The molecule has 1 fully saturated rings. The second-order valence-corrected chi connectivity index (χ2v) is 5.69. The molecule has 0 aliphatic heterocycles. The van der Waals surface area contributed by atoms with Gasteiger partial charge in [-0.1, -0.05) is 24.4 Å². The fourth-order valence-electron chi connectivity index (χ4n) is 2.18. The molecule has 5 nitrogen and oxygen atoms in total. The van der Waals surface area contributed by atoms with Crippen molar-refractivity contribution >= 4 is 23.4 Å². The summed E-state index contributed by atoms with van der Waals surface area (Å²) in [7, 11) is 0. The van der Waals surface area contributed by atoms with Gasteiger partial charge in [0.1, 0.15) is 5.15 Å². The van der Waals surface area contributed by atoms with Gasteiger partial charge in [-0.2, -0.15) is 0 Å². The average molecular weight is 282 g/mol. The molecule has 2 aromatic rings. The molecule has 0 spiro atoms. The highest BCUT2D eigenvalue weighted by Crippen LogP contribution is 2.33. The molecule has 94 valence electrons. The van der Waals surface area contributed by atoms with Gasteiger partial charge in [-0.3, -0.25) is 0 Å². The first-order valence-corrected chi connectivity index (χ1v) is 7.09. The molecule has 1 saturated carbocycles. The van der Waals surface area contributed by atoms with Gasteiger partial charge in [-0.25, -0.2) is 9.67 Å². The Morgan fingerprint density at radius 2 is 2.17 bits per heavy atom. The molecule has 0 bridgehead atoms. The molecule has 0 saturated heterocycles. The van der Waals surface area contributed by atoms with E-state index in [4.69, 9.17) is 11.6 Å². The molecule has 2 heterocycles. The Kier molecular flexibility index (Phi) is 3.47. The third-order valence-electron chi connectivity index (χ3n) is 3.04. The molecule has 0 aromatic carbocycles. The molecule has 7 heteroatoms. The van der Waals surface area contributed by atoms with Gasteiger partial charge >= 0.3 is 0 Å². The second kappa shape index (κ2) is 5.24. The van der Waals surface area contributed by atoms with Crippen molar-refractivity contribution in [1.29, 1.82) is 0 Å². The van der Waals surface area contributed by atoms with Crippen molar-refractivity contribution in [3.63, 3.8) is 0 Å². The van der Waals surface area contributed by atoms with E-state index in [9.17, 15) is 0 Å². The first-order chi connectivity index (χ1) is 8.83. The third-order valence-corrected chi connectivity index (χ3v) is 4.19. The minimum atomic E-state index is 0.444. The van der Waals surface area contributed by atoms with E-state index in [1.54, 1.807) is 6.20 Å². The van der Waals surface area contributed by atoms with Crippen LogP contribution in [0.1, 0.15) is 31.7 Å². The van der Waals surface area contributed by atoms with E-state index in [1.165, 1.54) is 24.6 Å². The zero-order chi connectivity index (χ0) is 12.4. The van der Waals surface area contributed by atoms with Crippen LogP contribution in [0.15, 0.2) is 28.4 Å². The number of rotatable bonds is 3. The predicted molar refractivity (Wildman–Crippen MR) is 68.7 cm³/mol. The molecule has 18 heavy (non-hydrogen) atoms. The van der Waals surface area contributed by atoms with Crippen LogP contribution in [0, 0.1) is 0 Å². The molecule has 0 atom stereocenters. The summed E-state index contributed by atoms with van der Waals surface area (Å²) < 4.78 is 1.94. The van der Waals surface area contributed by atoms with E-state index < -0.39 is 0 Å². The molecule has 3 rings (SSSR count). The van der Waals surface area contributed by atoms with Crippen molar-refractivity contribution in [3.05, 3.63) is 23.5 Å². The summed E-state index contributed by atoms with van der Waals surface area (Å²) in [4.78, 5) is 4.97. The number of tetrazole rings is 1. The van der Waals surface area contributed by atoms with Crippen LogP contribution in [0.25, 0.3) is 0 Å². The van der Waals surface area contributed by atoms with Crippen molar-refractivity contribution in [2.24, 2.45) is 0 Å². The van der Waals surface area contributed by atoms with E-state index >= 15 is 0 Å². The van der Waals surface area contributed by atoms with Gasteiger partial charge in [-0.05, 0) is 47.2 Å². The Hall–Kier alpha value is -1.14. The van der Waals surface area contributed by atoms with Crippen LogP contribution >= 0.6 is 23.4 Å². The summed E-state index contributed by atoms with van der Waals surface area (Å²) >= 11 is 7.39. The highest BCUT2D eigenvalue weighted by molar-refractivity contribution is 7.99. The number of pyridine rings is 1. The lowest BCUT2D eigenvalue weighted by molar-refractivity contribution is 0.423. The van der Waals surface area contributed by atoms with E-state index in [1.807, 2.05) is 16.8 Å². The van der Waals surface area contributed by atoms with Crippen LogP contribution in [-0.2, 0) is 0 Å². The molecule has 0 amide bonds. The van der Waals surface area contributed by atoms with Crippen LogP contribution in [0.3, 0.4) is 0 Å². The standard InChI is InChI=1S/C11H12ClN5S/c12-10-7-9(5-6-13-10)18-11-14-15-16-17(11)8-3-1-2-4-8/h5-8H,1-4H2. The van der Waals surface area contributed by atoms with Gasteiger partial charge in [0.25, 0.3) is 0 Å². The molecule has 0 unspecified atom stereocenters. The second-order valence-electron chi connectivity index (χ2n) is 4.26. The van der Waals surface area contributed by atoms with Crippen molar-refractivity contribution in [2.75, 3.05) is 0 Å². The predicted octanol–water partition coefficient (Wildman–Crippen LogP) is 2.99. The van der Waals surface area contributed by atoms with E-state index in [0.29, 0.717) is 11.2 Å². The lowest BCUT2D eigenvalue weighted by Gasteiger charge is -2.10. The smallest absolute Gasteiger partial charge is 0.214 e. The topological polar surface area (TPSA) is 56.5 Å². The lowest BCUT2D eigenvalue weighted by atomic mass is 10.3. The van der Waals surface area contributed by atoms with Crippen LogP contribution < -0.4 is 0 Å². The molecule has 1 aliphatic rings. The maximum atomic E-state index is 5.87. The monoisotopic (exact) mass is 281 g/mol. The highest BCUT2D eigenvalue weighted by Gasteiger charge is 2.21. The fraction of sp³-hybridized carbons (Fsp3) is 0.455. The Morgan fingerprint density at radius 1 is 1.33 bits per heavy atom. The zero-order valence-electron chi connectivity index (χ0n) is 9.66. The summed E-state index contributed by atoms with van der Waals surface area (Å²) in [5.74, 6) is 0. The quantitative estimate of drug-likeness (QED) is 0.810. The van der Waals surface area contributed by atoms with Crippen molar-refractivity contribution < 1.29 is 0 Å². The van der Waals surface area contributed by atoms with Gasteiger partial charge in [0, 0.05) is 11.1 Å². The molecule has 2 aromatic heterocycles. The molecule has 0 radical (unpaired) electrons. The van der Waals surface area contributed by atoms with Gasteiger partial charge in [-0.15, -0.1) is 5.10 Å². The Balaban J connectivity index is 1.82. The first kappa shape index (κ1) is 11.9. The summed E-state index contributed by atoms with van der Waals surface area (Å²) in [6.45, 7) is 0. The minimum Gasteiger partial charge on any atom is -0.244 e. The highest BCUT2D eigenvalue weighted by atomic mass is 35.5. The fourth-order valence-corrected chi connectivity index (χ4v) is 3.29. The van der Waals surface area contributed by atoms with Crippen LogP contribution in [0.4, 0.5) is 0 Å². The zero-order valence-corrected chi connectivity index (χ0v) is 11.2. The van der Waals surface area contributed by atoms with E-state index in [2.05, 4.69) is 20.5 Å². The SMILES string of the molecule is Clc1cc(Sc2nnnn2C2CCCC2)ccn1. The number of halogens is 1. The van der Waals surface area contributed by atoms with Gasteiger partial charge in [0.15, 0.2) is 0 Å². The minimum absolute atomic E-state index is 0.444. The van der Waals surface area contributed by atoms with Crippen LogP contribution in [-0.4, -0.2) is 25.2 Å². The third kappa shape index (κ3) is 2.49. The summed E-state index contributed by atoms with van der Waals surface area (Å²) in [5.41, 5.74) is 0. The Labute approximate surface area is 114 Å². The maximum absolute atomic E-state index is 5.87. The summed E-state index contributed by atoms with van der Waals surface area (Å²) in [6.07, 6.45) is 6.53. The molecular weight excluding hydrogens is 270 g/mol. The summed E-state index contributed by atoms with van der Waals surface area (Å²) in [5, 5.41) is 13.3.